The third kappa shape index (κ3) is 4.22. The van der Waals surface area contributed by atoms with E-state index in [1.807, 2.05) is 41.3 Å². The van der Waals surface area contributed by atoms with Gasteiger partial charge in [0, 0.05) is 11.4 Å². The number of imidazole rings is 1. The third-order valence-electron chi connectivity index (χ3n) is 4.47. The molecule has 29 heavy (non-hydrogen) atoms. The zero-order valence-electron chi connectivity index (χ0n) is 15.7. The molecule has 8 heteroatoms. The molecule has 0 saturated heterocycles. The van der Waals surface area contributed by atoms with E-state index >= 15 is 0 Å². The van der Waals surface area contributed by atoms with E-state index in [4.69, 9.17) is 20.6 Å². The fourth-order valence-corrected chi connectivity index (χ4v) is 3.83. The Hall–Kier alpha value is -3.39. The van der Waals surface area contributed by atoms with E-state index in [9.17, 15) is 0 Å². The van der Waals surface area contributed by atoms with Crippen LogP contribution in [0.25, 0.3) is 0 Å². The topological polar surface area (TPSA) is 100 Å². The Labute approximate surface area is 173 Å². The second kappa shape index (κ2) is 8.32. The number of hydrogen-bond acceptors (Lipinski definition) is 6. The summed E-state index contributed by atoms with van der Waals surface area (Å²) in [6.45, 7) is 4.81. The maximum atomic E-state index is 7.93. The molecule has 0 saturated carbocycles. The van der Waals surface area contributed by atoms with Crippen molar-refractivity contribution in [2.75, 3.05) is 18.2 Å². The molecule has 0 radical (unpaired) electrons. The average Bonchev–Trinajstić information content (AvgIpc) is 3.36. The lowest BCUT2D eigenvalue weighted by Crippen LogP contribution is -2.23. The van der Waals surface area contributed by atoms with Gasteiger partial charge in [-0.15, -0.1) is 0 Å². The van der Waals surface area contributed by atoms with Gasteiger partial charge in [0.2, 0.25) is 6.79 Å². The van der Waals surface area contributed by atoms with Crippen LogP contribution >= 0.6 is 11.8 Å². The molecule has 0 spiro atoms. The van der Waals surface area contributed by atoms with E-state index in [0.717, 1.165) is 17.1 Å². The zero-order chi connectivity index (χ0) is 20.2. The largest absolute Gasteiger partial charge is 0.454 e. The zero-order valence-corrected chi connectivity index (χ0v) is 16.5. The standard InChI is InChI=1S/C21H21N5O2S/c1-2-26(11-10-14-6-4-3-5-7-14)20-18(19(22)23)24-21(25-20)29-15-8-9-16-17(12-15)28-13-27-16/h2-9,12H,1,10-11,13H2,(H3,22,23)(H,24,25). The number of H-pyrrole nitrogens is 1. The number of nitrogens with one attached hydrogen (secondary N) is 2. The van der Waals surface area contributed by atoms with Crippen molar-refractivity contribution >= 4 is 23.4 Å². The van der Waals surface area contributed by atoms with Crippen molar-refractivity contribution in [3.63, 3.8) is 0 Å². The smallest absolute Gasteiger partial charge is 0.231 e. The molecule has 0 fully saturated rings. The Morgan fingerprint density at radius 1 is 1.24 bits per heavy atom. The maximum Gasteiger partial charge on any atom is 0.231 e. The van der Waals surface area contributed by atoms with Crippen LogP contribution in [0.2, 0.25) is 0 Å². The Kier molecular flexibility index (Phi) is 5.44. The van der Waals surface area contributed by atoms with Crippen LogP contribution in [0.15, 0.2) is 71.4 Å². The number of nitrogens with zero attached hydrogens (tertiary/aromatic N) is 2. The molecule has 1 aromatic heterocycles. The molecule has 7 nitrogen and oxygen atoms in total. The Morgan fingerprint density at radius 3 is 2.79 bits per heavy atom. The van der Waals surface area contributed by atoms with Gasteiger partial charge in [-0.05, 0) is 36.4 Å². The van der Waals surface area contributed by atoms with Gasteiger partial charge in [0.05, 0.1) is 0 Å². The van der Waals surface area contributed by atoms with Crippen molar-refractivity contribution in [2.24, 2.45) is 5.73 Å². The number of fused-ring (bicyclic) bond motifs is 1. The first-order chi connectivity index (χ1) is 14.1. The minimum Gasteiger partial charge on any atom is -0.454 e. The predicted molar refractivity (Wildman–Crippen MR) is 114 cm³/mol. The van der Waals surface area contributed by atoms with Crippen LogP contribution < -0.4 is 20.1 Å². The summed E-state index contributed by atoms with van der Waals surface area (Å²) in [5.74, 6) is 1.96. The number of anilines is 1. The Bertz CT molecular complexity index is 1030. The minimum atomic E-state index is -0.0726. The lowest BCUT2D eigenvalue weighted by molar-refractivity contribution is 0.174. The van der Waals surface area contributed by atoms with Crippen LogP contribution in [0.3, 0.4) is 0 Å². The maximum absolute atomic E-state index is 7.93. The third-order valence-corrected chi connectivity index (χ3v) is 5.34. The van der Waals surface area contributed by atoms with E-state index in [0.29, 0.717) is 29.0 Å². The van der Waals surface area contributed by atoms with Crippen molar-refractivity contribution in [1.82, 2.24) is 9.97 Å². The summed E-state index contributed by atoms with van der Waals surface area (Å²) in [6, 6.07) is 15.9. The fourth-order valence-electron chi connectivity index (χ4n) is 3.02. The number of hydrogen-bond donors (Lipinski definition) is 3. The van der Waals surface area contributed by atoms with Crippen molar-refractivity contribution in [2.45, 2.75) is 16.5 Å². The van der Waals surface area contributed by atoms with Crippen molar-refractivity contribution in [3.8, 4) is 11.5 Å². The van der Waals surface area contributed by atoms with Crippen molar-refractivity contribution in [3.05, 3.63) is 72.6 Å². The van der Waals surface area contributed by atoms with Gasteiger partial charge in [-0.1, -0.05) is 48.7 Å². The lowest BCUT2D eigenvalue weighted by Gasteiger charge is -2.18. The summed E-state index contributed by atoms with van der Waals surface area (Å²) < 4.78 is 10.8. The number of nitrogens with two attached hydrogens (primary N) is 1. The highest BCUT2D eigenvalue weighted by Gasteiger charge is 2.19. The van der Waals surface area contributed by atoms with Gasteiger partial charge in [0.25, 0.3) is 0 Å². The Morgan fingerprint density at radius 2 is 2.03 bits per heavy atom. The first kappa shape index (κ1) is 18.9. The number of rotatable bonds is 8. The molecule has 2 aromatic carbocycles. The average molecular weight is 407 g/mol. The highest BCUT2D eigenvalue weighted by molar-refractivity contribution is 7.99. The van der Waals surface area contributed by atoms with Crippen LogP contribution in [-0.2, 0) is 6.42 Å². The van der Waals surface area contributed by atoms with Crippen LogP contribution in [0.4, 0.5) is 5.82 Å². The summed E-state index contributed by atoms with van der Waals surface area (Å²) in [7, 11) is 0. The number of benzene rings is 2. The first-order valence-electron chi connectivity index (χ1n) is 9.09. The molecule has 0 bridgehead atoms. The second-order valence-electron chi connectivity index (χ2n) is 6.38. The van der Waals surface area contributed by atoms with Crippen molar-refractivity contribution < 1.29 is 9.47 Å². The molecule has 0 unspecified atom stereocenters. The first-order valence-corrected chi connectivity index (χ1v) is 9.90. The molecule has 4 rings (SSSR count). The number of aromatic amines is 1. The van der Waals surface area contributed by atoms with E-state index in [-0.39, 0.29) is 12.6 Å². The van der Waals surface area contributed by atoms with Crippen LogP contribution in [0, 0.1) is 5.41 Å². The number of nitrogen functional groups attached to an aromatic ring is 1. The Balaban J connectivity index is 1.55. The molecular weight excluding hydrogens is 386 g/mol. The molecule has 0 atom stereocenters. The molecule has 3 aromatic rings. The summed E-state index contributed by atoms with van der Waals surface area (Å²) >= 11 is 1.43. The van der Waals surface area contributed by atoms with Gasteiger partial charge in [-0.3, -0.25) is 5.41 Å². The molecule has 1 aliphatic heterocycles. The molecular formula is C21H21N5O2S. The van der Waals surface area contributed by atoms with E-state index < -0.39 is 0 Å². The number of aromatic nitrogens is 2. The fraction of sp³-hybridized carbons (Fsp3) is 0.143. The molecule has 2 heterocycles. The summed E-state index contributed by atoms with van der Waals surface area (Å²) in [5, 5.41) is 8.57. The van der Waals surface area contributed by atoms with Crippen LogP contribution in [0.1, 0.15) is 11.3 Å². The van der Waals surface area contributed by atoms with E-state index in [2.05, 4.69) is 28.7 Å². The van der Waals surface area contributed by atoms with Gasteiger partial charge >= 0.3 is 0 Å². The molecule has 4 N–H and O–H groups in total. The highest BCUT2D eigenvalue weighted by Crippen LogP contribution is 2.38. The normalized spacial score (nSPS) is 12.0. The minimum absolute atomic E-state index is 0.0726. The quantitative estimate of drug-likeness (QED) is 0.388. The molecule has 1 aliphatic rings. The molecule has 0 aliphatic carbocycles. The molecule has 0 amide bonds. The summed E-state index contributed by atoms with van der Waals surface area (Å²) in [4.78, 5) is 10.7. The van der Waals surface area contributed by atoms with Crippen LogP contribution in [0.5, 0.6) is 11.5 Å². The van der Waals surface area contributed by atoms with E-state index in [1.54, 1.807) is 6.20 Å². The predicted octanol–water partition coefficient (Wildman–Crippen LogP) is 3.77. The van der Waals surface area contributed by atoms with Crippen molar-refractivity contribution in [1.29, 1.82) is 5.41 Å². The van der Waals surface area contributed by atoms with Gasteiger partial charge in [-0.2, -0.15) is 0 Å². The number of amidine groups is 1. The van der Waals surface area contributed by atoms with Gasteiger partial charge in [0.15, 0.2) is 22.5 Å². The summed E-state index contributed by atoms with van der Waals surface area (Å²) in [5.41, 5.74) is 7.49. The van der Waals surface area contributed by atoms with Gasteiger partial charge in [-0.25, -0.2) is 4.98 Å². The lowest BCUT2D eigenvalue weighted by atomic mass is 10.1. The van der Waals surface area contributed by atoms with Crippen LogP contribution in [-0.4, -0.2) is 29.1 Å². The summed E-state index contributed by atoms with van der Waals surface area (Å²) in [6.07, 6.45) is 2.53. The SMILES string of the molecule is C=CN(CCc1ccccc1)c1nc(Sc2ccc3c(c2)OCO3)[nH]c1C(=N)N. The monoisotopic (exact) mass is 407 g/mol. The van der Waals surface area contributed by atoms with E-state index in [1.165, 1.54) is 17.3 Å². The number of ether oxygens (including phenoxy) is 2. The van der Waals surface area contributed by atoms with Gasteiger partial charge < -0.3 is 25.1 Å². The highest BCUT2D eigenvalue weighted by atomic mass is 32.2. The molecule has 148 valence electrons. The second-order valence-corrected chi connectivity index (χ2v) is 7.45. The van der Waals surface area contributed by atoms with Gasteiger partial charge in [0.1, 0.15) is 11.5 Å².